The Morgan fingerprint density at radius 2 is 1.41 bits per heavy atom. The number of nitrogens with two attached hydrogens (primary N) is 1. The molecule has 58 heavy (non-hydrogen) atoms. The molecule has 0 radical (unpaired) electrons. The second kappa shape index (κ2) is 22.0. The zero-order valence-electron chi connectivity index (χ0n) is 35.1. The van der Waals surface area contributed by atoms with Crippen molar-refractivity contribution < 1.29 is 38.3 Å². The van der Waals surface area contributed by atoms with Gasteiger partial charge in [0.1, 0.15) is 23.7 Å². The summed E-state index contributed by atoms with van der Waals surface area (Å²) in [4.78, 5) is 92.6. The number of carbonyl (C=O) groups is 7. The first-order chi connectivity index (χ1) is 27.7. The first-order valence-corrected chi connectivity index (χ1v) is 21.8. The van der Waals surface area contributed by atoms with Crippen LogP contribution in [-0.4, -0.2) is 71.7 Å². The highest BCUT2D eigenvalue weighted by Gasteiger charge is 2.50. The van der Waals surface area contributed by atoms with Crippen LogP contribution in [0.15, 0.2) is 30.3 Å². The molecule has 4 aliphatic rings. The van der Waals surface area contributed by atoms with Crippen LogP contribution in [0.1, 0.15) is 155 Å². The number of ketones is 1. The number of fused-ring (bicyclic) bond motifs is 3. The van der Waals surface area contributed by atoms with Crippen molar-refractivity contribution in [3.8, 4) is 0 Å². The monoisotopic (exact) mass is 809 g/mol. The molecule has 4 saturated carbocycles. The SMILES string of the molecule is CCCCCC12CCC(OC(=O)N[C@H](C(=O)N[C@@H](CC(C)C)C(=O)N[C@@H](CCC)C(=O)C(=O)NCC(=O)N[C@H](C(N)=O)c3ccccc3)C3CCCCC3)(CC1)CC2. The molecule has 2 bridgehead atoms. The summed E-state index contributed by atoms with van der Waals surface area (Å²) in [6.07, 6.45) is 15.1. The molecule has 5 rings (SSSR count). The summed E-state index contributed by atoms with van der Waals surface area (Å²) in [6, 6.07) is 4.02. The van der Waals surface area contributed by atoms with Crippen molar-refractivity contribution in [3.63, 3.8) is 0 Å². The zero-order chi connectivity index (χ0) is 42.3. The van der Waals surface area contributed by atoms with Crippen LogP contribution in [0.2, 0.25) is 0 Å². The highest BCUT2D eigenvalue weighted by molar-refractivity contribution is 6.38. The lowest BCUT2D eigenvalue weighted by Gasteiger charge is -2.53. The molecule has 1 aromatic rings. The number of primary amides is 1. The van der Waals surface area contributed by atoms with Crippen molar-refractivity contribution in [2.75, 3.05) is 6.54 Å². The van der Waals surface area contributed by atoms with Crippen molar-refractivity contribution >= 4 is 41.4 Å². The third-order valence-corrected chi connectivity index (χ3v) is 12.5. The second-order valence-electron chi connectivity index (χ2n) is 17.5. The van der Waals surface area contributed by atoms with Gasteiger partial charge in [0.2, 0.25) is 29.4 Å². The van der Waals surface area contributed by atoms with E-state index in [1.165, 1.54) is 25.7 Å². The molecular formula is C44H68N6O8. The molecule has 6 amide bonds. The lowest BCUT2D eigenvalue weighted by Crippen LogP contribution is -2.59. The molecule has 0 aliphatic heterocycles. The van der Waals surface area contributed by atoms with E-state index in [1.807, 2.05) is 13.8 Å². The minimum absolute atomic E-state index is 0.0323. The normalized spacial score (nSPS) is 22.4. The predicted molar refractivity (Wildman–Crippen MR) is 220 cm³/mol. The van der Waals surface area contributed by atoms with Gasteiger partial charge in [-0.15, -0.1) is 0 Å². The minimum atomic E-state index is -1.23. The van der Waals surface area contributed by atoms with E-state index < -0.39 is 77.7 Å². The van der Waals surface area contributed by atoms with Gasteiger partial charge in [0, 0.05) is 0 Å². The molecule has 0 heterocycles. The number of hydrogen-bond donors (Lipinski definition) is 6. The van der Waals surface area contributed by atoms with Gasteiger partial charge in [-0.2, -0.15) is 0 Å². The Kier molecular flexibility index (Phi) is 17.6. The van der Waals surface area contributed by atoms with Gasteiger partial charge in [-0.05, 0) is 93.4 Å². The molecule has 7 N–H and O–H groups in total. The van der Waals surface area contributed by atoms with Crippen LogP contribution in [0.25, 0.3) is 0 Å². The van der Waals surface area contributed by atoms with E-state index in [4.69, 9.17) is 10.5 Å². The van der Waals surface area contributed by atoms with Gasteiger partial charge in [0.25, 0.3) is 5.91 Å². The molecule has 14 nitrogen and oxygen atoms in total. The smallest absolute Gasteiger partial charge is 0.408 e. The molecule has 0 unspecified atom stereocenters. The summed E-state index contributed by atoms with van der Waals surface area (Å²) in [6.45, 7) is 7.21. The van der Waals surface area contributed by atoms with E-state index in [-0.39, 0.29) is 24.7 Å². The molecular weight excluding hydrogens is 741 g/mol. The van der Waals surface area contributed by atoms with Gasteiger partial charge in [0.05, 0.1) is 12.6 Å². The molecule has 1 aromatic carbocycles. The van der Waals surface area contributed by atoms with Crippen LogP contribution in [-0.2, 0) is 33.5 Å². The lowest BCUT2D eigenvalue weighted by molar-refractivity contribution is -0.141. The minimum Gasteiger partial charge on any atom is -0.443 e. The number of benzene rings is 1. The Morgan fingerprint density at radius 3 is 2.00 bits per heavy atom. The maximum atomic E-state index is 14.1. The number of ether oxygens (including phenoxy) is 1. The average molecular weight is 809 g/mol. The maximum absolute atomic E-state index is 14.1. The van der Waals surface area contributed by atoms with E-state index in [0.29, 0.717) is 17.4 Å². The Labute approximate surface area is 344 Å². The van der Waals surface area contributed by atoms with E-state index in [0.717, 1.165) is 70.6 Å². The van der Waals surface area contributed by atoms with E-state index >= 15 is 0 Å². The largest absolute Gasteiger partial charge is 0.443 e. The van der Waals surface area contributed by atoms with Crippen molar-refractivity contribution in [2.45, 2.75) is 173 Å². The number of unbranched alkanes of at least 4 members (excludes halogenated alkanes) is 2. The molecule has 0 spiro atoms. The molecule has 0 saturated heterocycles. The summed E-state index contributed by atoms with van der Waals surface area (Å²) < 4.78 is 6.21. The third kappa shape index (κ3) is 13.3. The van der Waals surface area contributed by atoms with Gasteiger partial charge in [-0.3, -0.25) is 28.8 Å². The molecule has 14 heteroatoms. The number of amides is 6. The first-order valence-electron chi connectivity index (χ1n) is 21.8. The van der Waals surface area contributed by atoms with Gasteiger partial charge < -0.3 is 37.1 Å². The van der Waals surface area contributed by atoms with E-state index in [9.17, 15) is 33.6 Å². The number of rotatable bonds is 22. The van der Waals surface area contributed by atoms with Crippen molar-refractivity contribution in [1.29, 1.82) is 0 Å². The molecule has 4 aliphatic carbocycles. The predicted octanol–water partition coefficient (Wildman–Crippen LogP) is 5.18. The zero-order valence-corrected chi connectivity index (χ0v) is 35.1. The van der Waals surface area contributed by atoms with Crippen LogP contribution in [0, 0.1) is 17.3 Å². The highest BCUT2D eigenvalue weighted by Crippen LogP contribution is 2.56. The number of alkyl carbamates (subject to hydrolysis) is 1. The fourth-order valence-electron chi connectivity index (χ4n) is 9.10. The average Bonchev–Trinajstić information content (AvgIpc) is 3.21. The van der Waals surface area contributed by atoms with Crippen LogP contribution in [0.3, 0.4) is 0 Å². The standard InChI is InChI=1S/C44H68N6O8/c1-5-7-14-20-43-21-24-44(25-22-43,26-23-43)58-42(57)50-36(31-18-12-9-13-19-31)40(55)48-33(27-29(3)4)39(54)47-32(15-6-2)37(52)41(56)46-28-34(51)49-35(38(45)53)30-16-10-8-11-17-30/h8,10-11,16-17,29,31-33,35-36H,5-7,9,12-15,18-28H2,1-4H3,(H2,45,53)(H,46,56)(H,47,54)(H,48,55)(H,49,51)(H,50,57)/t32-,33-,35-,36-,43?,44?/m0/s1. The Morgan fingerprint density at radius 1 is 0.776 bits per heavy atom. The fraction of sp³-hybridized carbons (Fsp3) is 0.705. The van der Waals surface area contributed by atoms with Gasteiger partial charge in [-0.1, -0.05) is 103 Å². The topological polar surface area (TPSA) is 215 Å². The van der Waals surface area contributed by atoms with Crippen LogP contribution < -0.4 is 32.3 Å². The number of carbonyl (C=O) groups excluding carboxylic acids is 7. The Bertz CT molecular complexity index is 1550. The van der Waals surface area contributed by atoms with Crippen molar-refractivity contribution in [1.82, 2.24) is 26.6 Å². The van der Waals surface area contributed by atoms with Gasteiger partial charge in [0.15, 0.2) is 0 Å². The molecule has 322 valence electrons. The number of Topliss-reactive ketones (excluding diaryl/α,β-unsaturated/α-hetero) is 1. The van der Waals surface area contributed by atoms with E-state index in [1.54, 1.807) is 37.3 Å². The lowest BCUT2D eigenvalue weighted by atomic mass is 9.57. The summed E-state index contributed by atoms with van der Waals surface area (Å²) in [5.41, 5.74) is 5.77. The van der Waals surface area contributed by atoms with Gasteiger partial charge in [-0.25, -0.2) is 4.79 Å². The molecule has 4 atom stereocenters. The van der Waals surface area contributed by atoms with Gasteiger partial charge >= 0.3 is 6.09 Å². The molecule has 0 aromatic heterocycles. The van der Waals surface area contributed by atoms with Crippen LogP contribution >= 0.6 is 0 Å². The summed E-state index contributed by atoms with van der Waals surface area (Å²) in [7, 11) is 0. The van der Waals surface area contributed by atoms with Crippen molar-refractivity contribution in [2.24, 2.45) is 23.0 Å². The Balaban J connectivity index is 1.38. The maximum Gasteiger partial charge on any atom is 0.408 e. The van der Waals surface area contributed by atoms with E-state index in [2.05, 4.69) is 33.5 Å². The molecule has 4 fully saturated rings. The second-order valence-corrected chi connectivity index (χ2v) is 17.5. The first kappa shape index (κ1) is 46.2. The fourth-order valence-corrected chi connectivity index (χ4v) is 9.10. The quantitative estimate of drug-likeness (QED) is 0.0677. The third-order valence-electron chi connectivity index (χ3n) is 12.5. The highest BCUT2D eigenvalue weighted by atomic mass is 16.6. The van der Waals surface area contributed by atoms with Crippen LogP contribution in [0.4, 0.5) is 4.79 Å². The van der Waals surface area contributed by atoms with Crippen molar-refractivity contribution in [3.05, 3.63) is 35.9 Å². The Hall–Kier alpha value is -4.49. The summed E-state index contributed by atoms with van der Waals surface area (Å²) >= 11 is 0. The summed E-state index contributed by atoms with van der Waals surface area (Å²) in [5, 5.41) is 13.2. The number of hydrogen-bond acceptors (Lipinski definition) is 8. The van der Waals surface area contributed by atoms with Crippen LogP contribution in [0.5, 0.6) is 0 Å². The number of nitrogens with one attached hydrogen (secondary N) is 5. The summed E-state index contributed by atoms with van der Waals surface area (Å²) in [5.74, 6) is -4.88.